The fraction of sp³-hybridized carbons (Fsp3) is 0.211. The molecule has 0 aliphatic carbocycles. The lowest BCUT2D eigenvalue weighted by molar-refractivity contribution is 0.197. The molecule has 7 heteroatoms. The monoisotopic (exact) mass is 350 g/mol. The lowest BCUT2D eigenvalue weighted by atomic mass is 10.3. The highest BCUT2D eigenvalue weighted by Gasteiger charge is 2.07. The largest absolute Gasteiger partial charge is 0.385 e. The molecule has 0 amide bonds. The van der Waals surface area contributed by atoms with Crippen LogP contribution in [0.25, 0.3) is 0 Å². The molecule has 2 aromatic carbocycles. The third kappa shape index (κ3) is 5.42. The maximum Gasteiger partial charge on any atom is 0.233 e. The summed E-state index contributed by atoms with van der Waals surface area (Å²) in [6, 6.07) is 19.6. The van der Waals surface area contributed by atoms with Crippen LogP contribution in [0.4, 0.5) is 29.2 Å². The van der Waals surface area contributed by atoms with Gasteiger partial charge in [0.25, 0.3) is 0 Å². The molecule has 0 bridgehead atoms. The zero-order chi connectivity index (χ0) is 18.0. The van der Waals surface area contributed by atoms with E-state index in [1.54, 1.807) is 7.11 Å². The minimum atomic E-state index is 0.471. The number of para-hydroxylation sites is 2. The quantitative estimate of drug-likeness (QED) is 0.506. The minimum Gasteiger partial charge on any atom is -0.385 e. The van der Waals surface area contributed by atoms with Crippen LogP contribution >= 0.6 is 0 Å². The predicted octanol–water partition coefficient (Wildman–Crippen LogP) is 3.81. The van der Waals surface area contributed by atoms with Crippen molar-refractivity contribution in [2.45, 2.75) is 6.42 Å². The Balaban J connectivity index is 1.78. The van der Waals surface area contributed by atoms with Crippen molar-refractivity contribution in [1.29, 1.82) is 0 Å². The molecule has 26 heavy (non-hydrogen) atoms. The Morgan fingerprint density at radius 3 is 1.73 bits per heavy atom. The second-order valence-electron chi connectivity index (χ2n) is 5.56. The molecular weight excluding hydrogens is 328 g/mol. The molecule has 0 saturated heterocycles. The SMILES string of the molecule is COCCCNc1nc(Nc2ccccc2)nc(Nc2ccccc2)n1. The normalized spacial score (nSPS) is 10.3. The van der Waals surface area contributed by atoms with Gasteiger partial charge in [-0.15, -0.1) is 0 Å². The number of methoxy groups -OCH3 is 1. The molecule has 0 fully saturated rings. The van der Waals surface area contributed by atoms with Crippen molar-refractivity contribution >= 4 is 29.2 Å². The molecule has 0 aliphatic rings. The molecule has 134 valence electrons. The van der Waals surface area contributed by atoms with Crippen LogP contribution in [0, 0.1) is 0 Å². The summed E-state index contributed by atoms with van der Waals surface area (Å²) in [6.07, 6.45) is 0.866. The molecule has 0 spiro atoms. The fourth-order valence-electron chi connectivity index (χ4n) is 2.28. The summed E-state index contributed by atoms with van der Waals surface area (Å²) in [5, 5.41) is 9.62. The number of benzene rings is 2. The van der Waals surface area contributed by atoms with Gasteiger partial charge in [0, 0.05) is 31.6 Å². The first-order chi connectivity index (χ1) is 12.8. The average molecular weight is 350 g/mol. The van der Waals surface area contributed by atoms with Crippen molar-refractivity contribution < 1.29 is 4.74 Å². The molecule has 3 N–H and O–H groups in total. The maximum absolute atomic E-state index is 5.07. The summed E-state index contributed by atoms with van der Waals surface area (Å²) in [7, 11) is 1.69. The summed E-state index contributed by atoms with van der Waals surface area (Å²) in [6.45, 7) is 1.40. The Morgan fingerprint density at radius 2 is 1.23 bits per heavy atom. The van der Waals surface area contributed by atoms with E-state index in [9.17, 15) is 0 Å². The van der Waals surface area contributed by atoms with E-state index in [4.69, 9.17) is 4.74 Å². The van der Waals surface area contributed by atoms with Gasteiger partial charge >= 0.3 is 0 Å². The van der Waals surface area contributed by atoms with Crippen LogP contribution in [0.5, 0.6) is 0 Å². The van der Waals surface area contributed by atoms with Gasteiger partial charge in [-0.2, -0.15) is 15.0 Å². The molecule has 1 heterocycles. The molecule has 3 rings (SSSR count). The van der Waals surface area contributed by atoms with E-state index in [0.717, 1.165) is 17.8 Å². The second-order valence-corrected chi connectivity index (χ2v) is 5.56. The fourth-order valence-corrected chi connectivity index (χ4v) is 2.28. The molecule has 1 aromatic heterocycles. The lowest BCUT2D eigenvalue weighted by Gasteiger charge is -2.11. The number of aromatic nitrogens is 3. The van der Waals surface area contributed by atoms with Gasteiger partial charge in [-0.25, -0.2) is 0 Å². The van der Waals surface area contributed by atoms with Crippen molar-refractivity contribution in [3.05, 3.63) is 60.7 Å². The summed E-state index contributed by atoms with van der Waals surface area (Å²) in [5.41, 5.74) is 1.82. The van der Waals surface area contributed by atoms with E-state index < -0.39 is 0 Å². The smallest absolute Gasteiger partial charge is 0.233 e. The molecule has 3 aromatic rings. The molecule has 0 radical (unpaired) electrons. The topological polar surface area (TPSA) is 84.0 Å². The van der Waals surface area contributed by atoms with Crippen molar-refractivity contribution in [2.75, 3.05) is 36.2 Å². The van der Waals surface area contributed by atoms with E-state index in [1.807, 2.05) is 60.7 Å². The van der Waals surface area contributed by atoms with Crippen LogP contribution in [-0.2, 0) is 4.74 Å². The minimum absolute atomic E-state index is 0.471. The van der Waals surface area contributed by atoms with Gasteiger partial charge in [-0.1, -0.05) is 36.4 Å². The third-order valence-electron chi connectivity index (χ3n) is 3.50. The average Bonchev–Trinajstić information content (AvgIpc) is 2.67. The van der Waals surface area contributed by atoms with Crippen molar-refractivity contribution in [2.24, 2.45) is 0 Å². The highest BCUT2D eigenvalue weighted by atomic mass is 16.5. The molecule has 0 saturated carbocycles. The second kappa shape index (κ2) is 9.33. The number of nitrogens with zero attached hydrogens (tertiary/aromatic N) is 3. The van der Waals surface area contributed by atoms with E-state index in [2.05, 4.69) is 30.9 Å². The maximum atomic E-state index is 5.07. The van der Waals surface area contributed by atoms with Crippen molar-refractivity contribution in [3.8, 4) is 0 Å². The molecule has 0 aliphatic heterocycles. The highest BCUT2D eigenvalue weighted by Crippen LogP contribution is 2.18. The number of nitrogens with one attached hydrogen (secondary N) is 3. The van der Waals surface area contributed by atoms with Crippen LogP contribution in [-0.4, -0.2) is 35.2 Å². The summed E-state index contributed by atoms with van der Waals surface area (Å²) in [4.78, 5) is 13.3. The van der Waals surface area contributed by atoms with E-state index in [1.165, 1.54) is 0 Å². The van der Waals surface area contributed by atoms with Gasteiger partial charge < -0.3 is 20.7 Å². The zero-order valence-electron chi connectivity index (χ0n) is 14.6. The van der Waals surface area contributed by atoms with Crippen LogP contribution in [0.3, 0.4) is 0 Å². The molecular formula is C19H22N6O. The van der Waals surface area contributed by atoms with Crippen LogP contribution in [0.1, 0.15) is 6.42 Å². The van der Waals surface area contributed by atoms with Gasteiger partial charge in [0.15, 0.2) is 0 Å². The Hall–Kier alpha value is -3.19. The van der Waals surface area contributed by atoms with Gasteiger partial charge in [0.05, 0.1) is 0 Å². The highest BCUT2D eigenvalue weighted by molar-refractivity contribution is 5.58. The Morgan fingerprint density at radius 1 is 0.731 bits per heavy atom. The predicted molar refractivity (Wildman–Crippen MR) is 104 cm³/mol. The van der Waals surface area contributed by atoms with Crippen LogP contribution in [0.15, 0.2) is 60.7 Å². The van der Waals surface area contributed by atoms with Gasteiger partial charge in [0.1, 0.15) is 0 Å². The number of anilines is 5. The summed E-state index contributed by atoms with van der Waals surface area (Å²) < 4.78 is 5.07. The zero-order valence-corrected chi connectivity index (χ0v) is 14.6. The standard InChI is InChI=1S/C19H22N6O/c1-26-14-8-13-20-17-23-18(21-15-9-4-2-5-10-15)25-19(24-17)22-16-11-6-3-7-12-16/h2-7,9-12H,8,13-14H2,1H3,(H3,20,21,22,23,24,25). The number of hydrogen-bond acceptors (Lipinski definition) is 7. The number of hydrogen-bond donors (Lipinski definition) is 3. The van der Waals surface area contributed by atoms with Crippen LogP contribution in [0.2, 0.25) is 0 Å². The Kier molecular flexibility index (Phi) is 6.33. The van der Waals surface area contributed by atoms with Crippen molar-refractivity contribution in [1.82, 2.24) is 15.0 Å². The van der Waals surface area contributed by atoms with Crippen molar-refractivity contribution in [3.63, 3.8) is 0 Å². The first kappa shape index (κ1) is 17.6. The first-order valence-corrected chi connectivity index (χ1v) is 8.46. The molecule has 0 atom stereocenters. The van der Waals surface area contributed by atoms with Gasteiger partial charge in [-0.3, -0.25) is 0 Å². The lowest BCUT2D eigenvalue weighted by Crippen LogP contribution is -2.11. The van der Waals surface area contributed by atoms with Gasteiger partial charge in [0.2, 0.25) is 17.8 Å². The number of ether oxygens (including phenoxy) is 1. The summed E-state index contributed by atoms with van der Waals surface area (Å²) in [5.74, 6) is 1.45. The van der Waals surface area contributed by atoms with E-state index in [0.29, 0.717) is 31.0 Å². The van der Waals surface area contributed by atoms with E-state index >= 15 is 0 Å². The number of rotatable bonds is 9. The molecule has 7 nitrogen and oxygen atoms in total. The first-order valence-electron chi connectivity index (χ1n) is 8.46. The van der Waals surface area contributed by atoms with Crippen LogP contribution < -0.4 is 16.0 Å². The van der Waals surface area contributed by atoms with Gasteiger partial charge in [-0.05, 0) is 30.7 Å². The summed E-state index contributed by atoms with van der Waals surface area (Å²) >= 11 is 0. The third-order valence-corrected chi connectivity index (χ3v) is 3.50. The molecule has 0 unspecified atom stereocenters. The van der Waals surface area contributed by atoms with E-state index in [-0.39, 0.29) is 0 Å². The Labute approximate surface area is 152 Å². The Bertz CT molecular complexity index is 738.